The van der Waals surface area contributed by atoms with Gasteiger partial charge in [-0.05, 0) is 50.2 Å². The molecule has 0 bridgehead atoms. The summed E-state index contributed by atoms with van der Waals surface area (Å²) in [5.74, 6) is -0.379. The van der Waals surface area contributed by atoms with Gasteiger partial charge in [0, 0.05) is 5.69 Å². The maximum atomic E-state index is 13.3. The zero-order chi connectivity index (χ0) is 21.5. The first-order valence-electron chi connectivity index (χ1n) is 10.4. The van der Waals surface area contributed by atoms with Crippen molar-refractivity contribution in [1.29, 1.82) is 0 Å². The second-order valence-electron chi connectivity index (χ2n) is 8.74. The first-order valence-corrected chi connectivity index (χ1v) is 12.2. The number of carbonyl (C=O) groups is 3. The maximum absolute atomic E-state index is 13.3. The molecule has 0 unspecified atom stereocenters. The van der Waals surface area contributed by atoms with Gasteiger partial charge < -0.3 is 10.2 Å². The fraction of sp³-hybridized carbons (Fsp3) is 0.571. The molecule has 2 heterocycles. The van der Waals surface area contributed by atoms with E-state index in [4.69, 9.17) is 0 Å². The number of urea groups is 1. The largest absolute Gasteiger partial charge is 0.325 e. The molecule has 1 spiro atoms. The Labute approximate surface area is 176 Å². The molecule has 4 rings (SSSR count). The number of rotatable bonds is 4. The third-order valence-corrected chi connectivity index (χ3v) is 8.29. The lowest BCUT2D eigenvalue weighted by atomic mass is 9.77. The van der Waals surface area contributed by atoms with Crippen LogP contribution in [0.3, 0.4) is 0 Å². The maximum Gasteiger partial charge on any atom is 0.325 e. The summed E-state index contributed by atoms with van der Waals surface area (Å²) in [5.41, 5.74) is -0.337. The van der Waals surface area contributed by atoms with Gasteiger partial charge in [-0.1, -0.05) is 25.1 Å². The summed E-state index contributed by atoms with van der Waals surface area (Å²) in [7, 11) is -3.21. The standard InChI is InChI=1S/C21H27N3O5S/c1-15-7-10-21(11-8-15)19(26)23(20(27)22-21)13-18(25)24(16-5-3-2-4-6-16)17-9-12-30(28,29)14-17/h2-6,15,17H,7-14H2,1H3,(H,22,27)/t15?,17-,21?/m0/s1. The Morgan fingerprint density at radius 2 is 1.83 bits per heavy atom. The molecule has 1 N–H and O–H groups in total. The van der Waals surface area contributed by atoms with Gasteiger partial charge in [0.05, 0.1) is 17.5 Å². The summed E-state index contributed by atoms with van der Waals surface area (Å²) < 4.78 is 24.0. The van der Waals surface area contributed by atoms with Crippen LogP contribution in [0.2, 0.25) is 0 Å². The number of para-hydroxylation sites is 1. The van der Waals surface area contributed by atoms with Crippen molar-refractivity contribution in [3.63, 3.8) is 0 Å². The predicted octanol–water partition coefficient (Wildman–Crippen LogP) is 1.71. The highest BCUT2D eigenvalue weighted by atomic mass is 32.2. The van der Waals surface area contributed by atoms with E-state index < -0.39 is 39.9 Å². The Morgan fingerprint density at radius 1 is 1.17 bits per heavy atom. The van der Waals surface area contributed by atoms with Crippen molar-refractivity contribution in [3.05, 3.63) is 30.3 Å². The van der Waals surface area contributed by atoms with Crippen molar-refractivity contribution >= 4 is 33.4 Å². The number of nitrogens with zero attached hydrogens (tertiary/aromatic N) is 2. The summed E-state index contributed by atoms with van der Waals surface area (Å²) >= 11 is 0. The number of nitrogens with one attached hydrogen (secondary N) is 1. The quantitative estimate of drug-likeness (QED) is 0.728. The summed E-state index contributed by atoms with van der Waals surface area (Å²) in [4.78, 5) is 41.4. The predicted molar refractivity (Wildman–Crippen MR) is 112 cm³/mol. The molecule has 2 saturated heterocycles. The Hall–Kier alpha value is -2.42. The van der Waals surface area contributed by atoms with Gasteiger partial charge in [0.1, 0.15) is 12.1 Å². The van der Waals surface area contributed by atoms with Crippen molar-refractivity contribution in [1.82, 2.24) is 10.2 Å². The SMILES string of the molecule is CC1CCC2(CC1)NC(=O)N(CC(=O)N(c1ccccc1)[C@H]1CCS(=O)(=O)C1)C2=O. The van der Waals surface area contributed by atoms with Gasteiger partial charge in [0.15, 0.2) is 9.84 Å². The Bertz CT molecular complexity index is 954. The number of imide groups is 1. The first kappa shape index (κ1) is 20.8. The summed E-state index contributed by atoms with van der Waals surface area (Å²) in [6.07, 6.45) is 3.19. The molecular weight excluding hydrogens is 406 g/mol. The molecule has 0 radical (unpaired) electrons. The highest BCUT2D eigenvalue weighted by molar-refractivity contribution is 7.91. The zero-order valence-corrected chi connectivity index (χ0v) is 17.9. The van der Waals surface area contributed by atoms with Crippen molar-refractivity contribution < 1.29 is 22.8 Å². The molecule has 4 amide bonds. The molecule has 162 valence electrons. The minimum atomic E-state index is -3.21. The number of hydrogen-bond acceptors (Lipinski definition) is 5. The molecule has 8 nitrogen and oxygen atoms in total. The van der Waals surface area contributed by atoms with Gasteiger partial charge in [-0.15, -0.1) is 0 Å². The number of benzene rings is 1. The van der Waals surface area contributed by atoms with Crippen LogP contribution in [-0.2, 0) is 19.4 Å². The number of anilines is 1. The van der Waals surface area contributed by atoms with E-state index in [9.17, 15) is 22.8 Å². The molecule has 9 heteroatoms. The molecule has 1 aromatic rings. The highest BCUT2D eigenvalue weighted by Gasteiger charge is 2.52. The summed E-state index contributed by atoms with van der Waals surface area (Å²) in [6, 6.07) is 7.76. The smallest absolute Gasteiger partial charge is 0.323 e. The van der Waals surface area contributed by atoms with E-state index in [0.717, 1.165) is 17.7 Å². The van der Waals surface area contributed by atoms with Crippen LogP contribution in [0, 0.1) is 5.92 Å². The van der Waals surface area contributed by atoms with Gasteiger partial charge in [0.25, 0.3) is 5.91 Å². The lowest BCUT2D eigenvalue weighted by Gasteiger charge is -2.34. The van der Waals surface area contributed by atoms with Crippen LogP contribution in [0.1, 0.15) is 39.0 Å². The molecule has 1 aromatic carbocycles. The van der Waals surface area contributed by atoms with Crippen LogP contribution in [0.5, 0.6) is 0 Å². The van der Waals surface area contributed by atoms with Crippen LogP contribution in [0.15, 0.2) is 30.3 Å². The fourth-order valence-corrected chi connectivity index (χ4v) is 6.45. The van der Waals surface area contributed by atoms with Crippen LogP contribution in [0.25, 0.3) is 0 Å². The lowest BCUT2D eigenvalue weighted by molar-refractivity contribution is -0.135. The van der Waals surface area contributed by atoms with Crippen LogP contribution >= 0.6 is 0 Å². The van der Waals surface area contributed by atoms with E-state index in [2.05, 4.69) is 12.2 Å². The van der Waals surface area contributed by atoms with E-state index in [1.165, 1.54) is 4.90 Å². The van der Waals surface area contributed by atoms with Crippen molar-refractivity contribution in [2.24, 2.45) is 5.92 Å². The molecule has 2 aliphatic heterocycles. The summed E-state index contributed by atoms with van der Waals surface area (Å²) in [5, 5.41) is 2.83. The average Bonchev–Trinajstić information content (AvgIpc) is 3.17. The normalized spacial score (nSPS) is 30.5. The minimum absolute atomic E-state index is 0.0265. The van der Waals surface area contributed by atoms with Crippen LogP contribution in [-0.4, -0.2) is 60.8 Å². The summed E-state index contributed by atoms with van der Waals surface area (Å²) in [6.45, 7) is 1.73. The van der Waals surface area contributed by atoms with Crippen molar-refractivity contribution in [2.45, 2.75) is 50.6 Å². The molecular formula is C21H27N3O5S. The van der Waals surface area contributed by atoms with Gasteiger partial charge in [0.2, 0.25) is 5.91 Å². The molecule has 3 fully saturated rings. The third kappa shape index (κ3) is 3.82. The number of sulfone groups is 1. The van der Waals surface area contributed by atoms with Gasteiger partial charge in [-0.25, -0.2) is 13.2 Å². The lowest BCUT2D eigenvalue weighted by Crippen LogP contribution is -2.51. The fourth-order valence-electron chi connectivity index (χ4n) is 4.75. The molecule has 1 saturated carbocycles. The number of carbonyl (C=O) groups excluding carboxylic acids is 3. The molecule has 1 aliphatic carbocycles. The third-order valence-electron chi connectivity index (χ3n) is 6.54. The number of hydrogen-bond donors (Lipinski definition) is 1. The number of amides is 4. The van der Waals surface area contributed by atoms with Gasteiger partial charge >= 0.3 is 6.03 Å². The Kier molecular flexibility index (Phi) is 5.34. The Balaban J connectivity index is 1.55. The van der Waals surface area contributed by atoms with E-state index in [1.54, 1.807) is 24.3 Å². The monoisotopic (exact) mass is 433 g/mol. The van der Waals surface area contributed by atoms with Crippen molar-refractivity contribution in [2.75, 3.05) is 23.0 Å². The minimum Gasteiger partial charge on any atom is -0.323 e. The second-order valence-corrected chi connectivity index (χ2v) is 11.0. The molecule has 3 aliphatic rings. The molecule has 0 aromatic heterocycles. The first-order chi connectivity index (χ1) is 14.2. The van der Waals surface area contributed by atoms with Gasteiger partial charge in [-0.2, -0.15) is 0 Å². The Morgan fingerprint density at radius 3 is 2.43 bits per heavy atom. The van der Waals surface area contributed by atoms with Gasteiger partial charge in [-0.3, -0.25) is 14.5 Å². The average molecular weight is 434 g/mol. The van der Waals surface area contributed by atoms with Crippen LogP contribution in [0.4, 0.5) is 10.5 Å². The molecule has 30 heavy (non-hydrogen) atoms. The zero-order valence-electron chi connectivity index (χ0n) is 17.0. The second kappa shape index (κ2) is 7.68. The van der Waals surface area contributed by atoms with Crippen LogP contribution < -0.4 is 10.2 Å². The van der Waals surface area contributed by atoms with E-state index in [-0.39, 0.29) is 17.4 Å². The van der Waals surface area contributed by atoms with E-state index in [0.29, 0.717) is 30.9 Å². The molecule has 1 atom stereocenters. The topological polar surface area (TPSA) is 104 Å². The van der Waals surface area contributed by atoms with E-state index in [1.807, 2.05) is 6.07 Å². The highest BCUT2D eigenvalue weighted by Crippen LogP contribution is 2.36. The van der Waals surface area contributed by atoms with Crippen molar-refractivity contribution in [3.8, 4) is 0 Å². The van der Waals surface area contributed by atoms with E-state index >= 15 is 0 Å².